The second-order valence-corrected chi connectivity index (χ2v) is 6.68. The number of nitrogens with zero attached hydrogens (tertiary/aromatic N) is 2. The average molecular weight is 392 g/mol. The molecule has 29 heavy (non-hydrogen) atoms. The van der Waals surface area contributed by atoms with Gasteiger partial charge in [0.25, 0.3) is 0 Å². The Hall–Kier alpha value is -3.52. The van der Waals surface area contributed by atoms with Crippen LogP contribution in [-0.4, -0.2) is 38.8 Å². The summed E-state index contributed by atoms with van der Waals surface area (Å²) in [4.78, 5) is 36.4. The highest BCUT2D eigenvalue weighted by Gasteiger charge is 2.24. The van der Waals surface area contributed by atoms with Gasteiger partial charge in [-0.05, 0) is 24.1 Å². The van der Waals surface area contributed by atoms with Crippen molar-refractivity contribution in [2.24, 2.45) is 5.73 Å². The van der Waals surface area contributed by atoms with E-state index in [4.69, 9.17) is 5.73 Å². The number of imidazole rings is 1. The van der Waals surface area contributed by atoms with Crippen LogP contribution in [0.4, 0.5) is 0 Å². The van der Waals surface area contributed by atoms with Gasteiger partial charge in [0.2, 0.25) is 11.8 Å². The summed E-state index contributed by atoms with van der Waals surface area (Å²) >= 11 is 0. The summed E-state index contributed by atoms with van der Waals surface area (Å²) in [7, 11) is 0. The standard InChI is InChI=1S/C21H24N6O2/c22-18(10-15-6-2-1-3-7-15)20(28)27-19(11-17-12-23-14-26-17)21(29)25-13-16-8-4-5-9-24-16/h1-9,12,14,18-19H,10-11,13,22H2,(H,23,26)(H,25,29)(H,27,28)/t18?,19-/m0/s1. The second-order valence-electron chi connectivity index (χ2n) is 6.68. The molecule has 2 aromatic heterocycles. The first kappa shape index (κ1) is 20.2. The molecule has 0 saturated carbocycles. The molecule has 1 unspecified atom stereocenters. The van der Waals surface area contributed by atoms with E-state index in [1.165, 1.54) is 6.33 Å². The lowest BCUT2D eigenvalue weighted by atomic mass is 10.0. The number of benzene rings is 1. The topological polar surface area (TPSA) is 126 Å². The molecule has 0 aliphatic rings. The van der Waals surface area contributed by atoms with Crippen molar-refractivity contribution in [3.8, 4) is 0 Å². The minimum atomic E-state index is -0.784. The third-order valence-corrected chi connectivity index (χ3v) is 4.42. The molecule has 5 N–H and O–H groups in total. The van der Waals surface area contributed by atoms with Crippen molar-refractivity contribution in [3.63, 3.8) is 0 Å². The van der Waals surface area contributed by atoms with Gasteiger partial charge in [0.05, 0.1) is 24.6 Å². The number of hydrogen-bond acceptors (Lipinski definition) is 5. The van der Waals surface area contributed by atoms with Crippen LogP contribution < -0.4 is 16.4 Å². The van der Waals surface area contributed by atoms with Crippen molar-refractivity contribution >= 4 is 11.8 Å². The minimum Gasteiger partial charge on any atom is -0.349 e. The van der Waals surface area contributed by atoms with E-state index in [0.717, 1.165) is 17.0 Å². The Balaban J connectivity index is 1.62. The van der Waals surface area contributed by atoms with Crippen molar-refractivity contribution in [1.29, 1.82) is 0 Å². The summed E-state index contributed by atoms with van der Waals surface area (Å²) in [6.07, 6.45) is 5.47. The van der Waals surface area contributed by atoms with E-state index in [0.29, 0.717) is 6.42 Å². The van der Waals surface area contributed by atoms with Gasteiger partial charge in [0, 0.05) is 24.5 Å². The Labute approximate surface area is 169 Å². The molecule has 8 nitrogen and oxygen atoms in total. The van der Waals surface area contributed by atoms with Crippen LogP contribution >= 0.6 is 0 Å². The van der Waals surface area contributed by atoms with Crippen molar-refractivity contribution in [2.75, 3.05) is 0 Å². The molecule has 1 aromatic carbocycles. The van der Waals surface area contributed by atoms with Crippen LogP contribution in [0.5, 0.6) is 0 Å². The molecule has 3 aromatic rings. The monoisotopic (exact) mass is 392 g/mol. The molecule has 0 bridgehead atoms. The van der Waals surface area contributed by atoms with Gasteiger partial charge in [-0.2, -0.15) is 0 Å². The number of aromatic amines is 1. The van der Waals surface area contributed by atoms with Crippen LogP contribution in [0.1, 0.15) is 17.0 Å². The van der Waals surface area contributed by atoms with E-state index in [9.17, 15) is 9.59 Å². The van der Waals surface area contributed by atoms with Crippen LogP contribution in [0.3, 0.4) is 0 Å². The molecule has 150 valence electrons. The maximum absolute atomic E-state index is 12.7. The zero-order valence-electron chi connectivity index (χ0n) is 15.9. The third kappa shape index (κ3) is 6.25. The van der Waals surface area contributed by atoms with Crippen molar-refractivity contribution in [3.05, 3.63) is 84.2 Å². The Morgan fingerprint density at radius 1 is 1.03 bits per heavy atom. The largest absolute Gasteiger partial charge is 0.349 e. The molecule has 2 heterocycles. The van der Waals surface area contributed by atoms with Gasteiger partial charge in [-0.15, -0.1) is 0 Å². The van der Waals surface area contributed by atoms with Gasteiger partial charge in [-0.3, -0.25) is 14.6 Å². The Bertz CT molecular complexity index is 899. The molecule has 0 fully saturated rings. The zero-order valence-corrected chi connectivity index (χ0v) is 15.9. The number of carbonyl (C=O) groups excluding carboxylic acids is 2. The molecule has 3 rings (SSSR count). The lowest BCUT2D eigenvalue weighted by Gasteiger charge is -2.20. The van der Waals surface area contributed by atoms with E-state index >= 15 is 0 Å². The number of rotatable bonds is 9. The molecule has 0 aliphatic heterocycles. The number of nitrogens with one attached hydrogen (secondary N) is 3. The number of nitrogens with two attached hydrogens (primary N) is 1. The van der Waals surface area contributed by atoms with E-state index in [2.05, 4.69) is 25.6 Å². The predicted molar refractivity (Wildman–Crippen MR) is 108 cm³/mol. The number of aromatic nitrogens is 3. The van der Waals surface area contributed by atoms with Crippen LogP contribution in [0.2, 0.25) is 0 Å². The van der Waals surface area contributed by atoms with Crippen LogP contribution in [0.15, 0.2) is 67.3 Å². The molecular weight excluding hydrogens is 368 g/mol. The molecule has 0 spiro atoms. The molecule has 0 saturated heterocycles. The SMILES string of the molecule is NC(Cc1ccccc1)C(=O)N[C@@H](Cc1cnc[nH]1)C(=O)NCc1ccccn1. The summed E-state index contributed by atoms with van der Waals surface area (Å²) in [5.74, 6) is -0.697. The molecular formula is C21H24N6O2. The van der Waals surface area contributed by atoms with E-state index in [1.807, 2.05) is 42.5 Å². The summed E-state index contributed by atoms with van der Waals surface area (Å²) < 4.78 is 0. The zero-order chi connectivity index (χ0) is 20.5. The summed E-state index contributed by atoms with van der Waals surface area (Å²) in [5.41, 5.74) is 8.49. The van der Waals surface area contributed by atoms with Crippen LogP contribution in [-0.2, 0) is 29.0 Å². The lowest BCUT2D eigenvalue weighted by molar-refractivity contribution is -0.129. The fourth-order valence-electron chi connectivity index (χ4n) is 2.87. The van der Waals surface area contributed by atoms with Crippen molar-refractivity contribution < 1.29 is 9.59 Å². The smallest absolute Gasteiger partial charge is 0.243 e. The first-order valence-corrected chi connectivity index (χ1v) is 9.36. The normalized spacial score (nSPS) is 12.7. The fraction of sp³-hybridized carbons (Fsp3) is 0.238. The van der Waals surface area contributed by atoms with E-state index in [1.54, 1.807) is 18.5 Å². The van der Waals surface area contributed by atoms with E-state index < -0.39 is 12.1 Å². The van der Waals surface area contributed by atoms with Gasteiger partial charge in [0.15, 0.2) is 0 Å². The molecule has 8 heteroatoms. The Morgan fingerprint density at radius 2 is 1.83 bits per heavy atom. The first-order valence-electron chi connectivity index (χ1n) is 9.36. The van der Waals surface area contributed by atoms with Crippen molar-refractivity contribution in [2.45, 2.75) is 31.5 Å². The van der Waals surface area contributed by atoms with Crippen LogP contribution in [0, 0.1) is 0 Å². The number of H-pyrrole nitrogens is 1. The van der Waals surface area contributed by atoms with Gasteiger partial charge in [-0.25, -0.2) is 4.98 Å². The average Bonchev–Trinajstić information content (AvgIpc) is 3.26. The molecule has 0 aliphatic carbocycles. The van der Waals surface area contributed by atoms with Gasteiger partial charge in [-0.1, -0.05) is 36.4 Å². The predicted octanol–water partition coefficient (Wildman–Crippen LogP) is 0.718. The summed E-state index contributed by atoms with van der Waals surface area (Å²) in [6, 6.07) is 13.4. The summed E-state index contributed by atoms with van der Waals surface area (Å²) in [5, 5.41) is 5.58. The summed E-state index contributed by atoms with van der Waals surface area (Å²) in [6.45, 7) is 0.269. The van der Waals surface area contributed by atoms with Gasteiger partial charge < -0.3 is 21.4 Å². The van der Waals surface area contributed by atoms with Crippen LogP contribution in [0.25, 0.3) is 0 Å². The lowest BCUT2D eigenvalue weighted by Crippen LogP contribution is -2.53. The number of hydrogen-bond donors (Lipinski definition) is 4. The van der Waals surface area contributed by atoms with Gasteiger partial charge in [0.1, 0.15) is 6.04 Å². The molecule has 2 amide bonds. The quantitative estimate of drug-likeness (QED) is 0.427. The maximum atomic E-state index is 12.7. The highest BCUT2D eigenvalue weighted by Crippen LogP contribution is 2.04. The molecule has 2 atom stereocenters. The number of carbonyl (C=O) groups is 2. The fourth-order valence-corrected chi connectivity index (χ4v) is 2.87. The maximum Gasteiger partial charge on any atom is 0.243 e. The highest BCUT2D eigenvalue weighted by molar-refractivity contribution is 5.90. The molecule has 0 radical (unpaired) electrons. The number of pyridine rings is 1. The van der Waals surface area contributed by atoms with E-state index in [-0.39, 0.29) is 24.8 Å². The minimum absolute atomic E-state index is 0.269. The Kier molecular flexibility index (Phi) is 7.07. The van der Waals surface area contributed by atoms with Crippen molar-refractivity contribution in [1.82, 2.24) is 25.6 Å². The highest BCUT2D eigenvalue weighted by atomic mass is 16.2. The number of amides is 2. The second kappa shape index (κ2) is 10.1. The first-order chi connectivity index (χ1) is 14.1. The van der Waals surface area contributed by atoms with Gasteiger partial charge >= 0.3 is 0 Å². The third-order valence-electron chi connectivity index (χ3n) is 4.42. The Morgan fingerprint density at radius 3 is 2.52 bits per heavy atom.